The largest absolute Gasteiger partial charge is 0.330 e. The van der Waals surface area contributed by atoms with Gasteiger partial charge in [0.05, 0.1) is 29.5 Å². The molecule has 1 aliphatic heterocycles. The molecule has 0 bridgehead atoms. The average Bonchev–Trinajstić information content (AvgIpc) is 3.52. The fourth-order valence-corrected chi connectivity index (χ4v) is 4.11. The number of hydrogen-bond acceptors (Lipinski definition) is 4. The maximum absolute atomic E-state index is 13.0. The molecule has 1 N–H and O–H groups in total. The summed E-state index contributed by atoms with van der Waals surface area (Å²) in [6, 6.07) is 7.23. The number of hydrogen-bond donors (Lipinski definition) is 1. The van der Waals surface area contributed by atoms with Crippen molar-refractivity contribution >= 4 is 29.1 Å². The SMILES string of the molecule is CCN(C)C/C=C/C(=O)N1Cc2ncc(C(=O)Nc3ccccc3Cl)n2C(C2CC2)C1. The average molecular weight is 442 g/mol. The Hall–Kier alpha value is -2.64. The summed E-state index contributed by atoms with van der Waals surface area (Å²) < 4.78 is 2.03. The molecule has 1 atom stereocenters. The molecule has 8 heteroatoms. The van der Waals surface area contributed by atoms with Gasteiger partial charge in [0.15, 0.2) is 0 Å². The Morgan fingerprint density at radius 1 is 1.32 bits per heavy atom. The number of halogens is 1. The molecular formula is C23H28ClN5O2. The second-order valence-electron chi connectivity index (χ2n) is 8.24. The zero-order valence-corrected chi connectivity index (χ0v) is 18.7. The van der Waals surface area contributed by atoms with E-state index in [1.807, 2.05) is 34.7 Å². The summed E-state index contributed by atoms with van der Waals surface area (Å²) in [5.41, 5.74) is 1.08. The Kier molecular flexibility index (Phi) is 6.43. The molecule has 164 valence electrons. The molecule has 1 aromatic carbocycles. The van der Waals surface area contributed by atoms with E-state index >= 15 is 0 Å². The molecule has 1 fully saturated rings. The number of carbonyl (C=O) groups excluding carboxylic acids is 2. The van der Waals surface area contributed by atoms with Gasteiger partial charge in [0.2, 0.25) is 5.91 Å². The van der Waals surface area contributed by atoms with Gasteiger partial charge in [-0.2, -0.15) is 0 Å². The molecule has 0 spiro atoms. The third-order valence-corrected chi connectivity index (χ3v) is 6.32. The van der Waals surface area contributed by atoms with Crippen LogP contribution in [0, 0.1) is 5.92 Å². The number of rotatable bonds is 7. The Morgan fingerprint density at radius 3 is 2.81 bits per heavy atom. The lowest BCUT2D eigenvalue weighted by Gasteiger charge is -2.34. The molecule has 31 heavy (non-hydrogen) atoms. The van der Waals surface area contributed by atoms with E-state index < -0.39 is 0 Å². The normalized spacial score (nSPS) is 18.5. The molecule has 2 aliphatic rings. The molecule has 1 unspecified atom stereocenters. The van der Waals surface area contributed by atoms with Crippen molar-refractivity contribution in [3.05, 3.63) is 59.2 Å². The van der Waals surface area contributed by atoms with Gasteiger partial charge in [-0.3, -0.25) is 9.59 Å². The number of fused-ring (bicyclic) bond motifs is 1. The highest BCUT2D eigenvalue weighted by molar-refractivity contribution is 6.33. The number of nitrogens with zero attached hydrogens (tertiary/aromatic N) is 4. The van der Waals surface area contributed by atoms with Crippen molar-refractivity contribution in [3.63, 3.8) is 0 Å². The first-order valence-electron chi connectivity index (χ1n) is 10.7. The van der Waals surface area contributed by atoms with E-state index in [2.05, 4.69) is 22.1 Å². The minimum Gasteiger partial charge on any atom is -0.330 e. The second-order valence-corrected chi connectivity index (χ2v) is 8.65. The van der Waals surface area contributed by atoms with Gasteiger partial charge in [-0.05, 0) is 44.5 Å². The number of amides is 2. The Morgan fingerprint density at radius 2 is 2.10 bits per heavy atom. The Labute approximate surface area is 187 Å². The quantitative estimate of drug-likeness (QED) is 0.666. The van der Waals surface area contributed by atoms with Gasteiger partial charge in [-0.15, -0.1) is 0 Å². The molecule has 1 aliphatic carbocycles. The van der Waals surface area contributed by atoms with Crippen LogP contribution in [0.15, 0.2) is 42.6 Å². The highest BCUT2D eigenvalue weighted by Crippen LogP contribution is 2.43. The lowest BCUT2D eigenvalue weighted by Crippen LogP contribution is -2.42. The van der Waals surface area contributed by atoms with Crippen LogP contribution >= 0.6 is 11.6 Å². The molecular weight excluding hydrogens is 414 g/mol. The number of carbonyl (C=O) groups is 2. The molecule has 4 rings (SSSR count). The van der Waals surface area contributed by atoms with Crippen LogP contribution in [-0.2, 0) is 11.3 Å². The van der Waals surface area contributed by atoms with E-state index in [1.165, 1.54) is 0 Å². The topological polar surface area (TPSA) is 70.5 Å². The Balaban J connectivity index is 1.53. The molecule has 1 aromatic heterocycles. The smallest absolute Gasteiger partial charge is 0.273 e. The fraction of sp³-hybridized carbons (Fsp3) is 0.435. The molecule has 7 nitrogen and oxygen atoms in total. The highest BCUT2D eigenvalue weighted by Gasteiger charge is 2.40. The lowest BCUT2D eigenvalue weighted by molar-refractivity contribution is -0.128. The van der Waals surface area contributed by atoms with Crippen molar-refractivity contribution < 1.29 is 9.59 Å². The van der Waals surface area contributed by atoms with Crippen LogP contribution in [0.1, 0.15) is 42.1 Å². The first-order chi connectivity index (χ1) is 15.0. The van der Waals surface area contributed by atoms with Crippen LogP contribution in [-0.4, -0.2) is 57.8 Å². The first kappa shape index (κ1) is 21.6. The number of imidazole rings is 1. The molecule has 0 saturated heterocycles. The lowest BCUT2D eigenvalue weighted by atomic mass is 10.1. The van der Waals surface area contributed by atoms with Gasteiger partial charge in [0, 0.05) is 19.2 Å². The minimum absolute atomic E-state index is 0.00790. The minimum atomic E-state index is -0.236. The number of anilines is 1. The molecule has 1 saturated carbocycles. The van der Waals surface area contributed by atoms with Crippen molar-refractivity contribution in [2.24, 2.45) is 5.92 Å². The van der Waals surface area contributed by atoms with Crippen molar-refractivity contribution in [2.75, 3.05) is 32.0 Å². The van der Waals surface area contributed by atoms with E-state index in [0.29, 0.717) is 35.4 Å². The monoisotopic (exact) mass is 441 g/mol. The van der Waals surface area contributed by atoms with E-state index in [0.717, 1.165) is 31.8 Å². The standard InChI is InChI=1S/C23H28ClN5O2/c1-3-27(2)12-6-9-22(30)28-14-20(16-10-11-16)29-19(13-25-21(29)15-28)23(31)26-18-8-5-4-7-17(18)24/h4-9,13,16,20H,3,10-12,14-15H2,1-2H3,(H,26,31)/b9-6+. The highest BCUT2D eigenvalue weighted by atomic mass is 35.5. The van der Waals surface area contributed by atoms with Crippen LogP contribution in [0.2, 0.25) is 5.02 Å². The first-order valence-corrected chi connectivity index (χ1v) is 11.1. The summed E-state index contributed by atoms with van der Waals surface area (Å²) >= 11 is 6.20. The second kappa shape index (κ2) is 9.24. The van der Waals surface area contributed by atoms with Gasteiger partial charge < -0.3 is 19.7 Å². The summed E-state index contributed by atoms with van der Waals surface area (Å²) in [7, 11) is 2.02. The van der Waals surface area contributed by atoms with Crippen molar-refractivity contribution in [2.45, 2.75) is 32.4 Å². The fourth-order valence-electron chi connectivity index (χ4n) is 3.92. The van der Waals surface area contributed by atoms with Crippen LogP contribution in [0.3, 0.4) is 0 Å². The summed E-state index contributed by atoms with van der Waals surface area (Å²) in [6.45, 7) is 4.74. The summed E-state index contributed by atoms with van der Waals surface area (Å²) in [4.78, 5) is 34.3. The number of para-hydroxylation sites is 1. The zero-order valence-electron chi connectivity index (χ0n) is 17.9. The van der Waals surface area contributed by atoms with Crippen LogP contribution < -0.4 is 5.32 Å². The molecule has 2 heterocycles. The summed E-state index contributed by atoms with van der Waals surface area (Å²) in [5, 5.41) is 3.38. The van der Waals surface area contributed by atoms with E-state index in [4.69, 9.17) is 11.6 Å². The molecule has 0 radical (unpaired) electrons. The van der Waals surface area contributed by atoms with Crippen molar-refractivity contribution in [1.82, 2.24) is 19.4 Å². The van der Waals surface area contributed by atoms with E-state index in [1.54, 1.807) is 24.4 Å². The van der Waals surface area contributed by atoms with E-state index in [9.17, 15) is 9.59 Å². The maximum atomic E-state index is 13.0. The van der Waals surface area contributed by atoms with Crippen molar-refractivity contribution in [3.8, 4) is 0 Å². The zero-order chi connectivity index (χ0) is 22.0. The third kappa shape index (κ3) is 4.83. The van der Waals surface area contributed by atoms with E-state index in [-0.39, 0.29) is 17.9 Å². The van der Waals surface area contributed by atoms with Gasteiger partial charge in [0.25, 0.3) is 5.91 Å². The Bertz CT molecular complexity index is 998. The van der Waals surface area contributed by atoms with Gasteiger partial charge in [-0.25, -0.2) is 4.98 Å². The van der Waals surface area contributed by atoms with Crippen LogP contribution in [0.4, 0.5) is 5.69 Å². The maximum Gasteiger partial charge on any atom is 0.273 e. The predicted octanol–water partition coefficient (Wildman–Crippen LogP) is 3.59. The third-order valence-electron chi connectivity index (χ3n) is 5.99. The molecule has 2 aromatic rings. The number of benzene rings is 1. The van der Waals surface area contributed by atoms with Crippen LogP contribution in [0.25, 0.3) is 0 Å². The van der Waals surface area contributed by atoms with Gasteiger partial charge in [-0.1, -0.05) is 36.7 Å². The number of aromatic nitrogens is 2. The summed E-state index contributed by atoms with van der Waals surface area (Å²) in [5.74, 6) is 0.969. The number of likely N-dealkylation sites (N-methyl/N-ethyl adjacent to an activating group) is 1. The molecule has 2 amide bonds. The van der Waals surface area contributed by atoms with Crippen molar-refractivity contribution in [1.29, 1.82) is 0 Å². The summed E-state index contributed by atoms with van der Waals surface area (Å²) in [6.07, 6.45) is 7.37. The predicted molar refractivity (Wildman–Crippen MR) is 121 cm³/mol. The van der Waals surface area contributed by atoms with Gasteiger partial charge in [0.1, 0.15) is 11.5 Å². The van der Waals surface area contributed by atoms with Crippen LogP contribution in [0.5, 0.6) is 0 Å². The number of nitrogens with one attached hydrogen (secondary N) is 1. The van der Waals surface area contributed by atoms with Gasteiger partial charge >= 0.3 is 0 Å².